The molecule has 10 heteroatoms. The molecule has 0 bridgehead atoms. The lowest BCUT2D eigenvalue weighted by Crippen LogP contribution is -2.57. The lowest BCUT2D eigenvalue weighted by Gasteiger charge is -2.35. The SMILES string of the molecule is CNCC(=O)N[C@H]1CCS[C@H]2CC(C)(C)[C@@H](C(=O)N[C@H](COCC#CC#CCOCCc3ccccc3)c3ccccc3)N2C1=O. The van der Waals surface area contributed by atoms with Crippen LogP contribution in [-0.4, -0.2) is 85.9 Å². The standard InChI is InChI=1S/C36H44N4O5S/c1-36(2)24-32-40(35(43)29(19-23-46-32)38-31(41)25-37-3)33(36)34(42)39-30(28-16-10-7-11-17-28)26-45-21-13-5-4-12-20-44-22-18-27-14-8-6-9-15-27/h6-11,14-17,29-30,32-33,37H,18-26H2,1-3H3,(H,38,41)(H,39,42)/t29-,30+,32-,33+/m0/s1. The number of amides is 3. The molecule has 0 spiro atoms. The van der Waals surface area contributed by atoms with Crippen molar-refractivity contribution in [1.29, 1.82) is 0 Å². The number of nitrogens with one attached hydrogen (secondary N) is 3. The first-order chi connectivity index (χ1) is 22.3. The van der Waals surface area contributed by atoms with E-state index < -0.39 is 23.5 Å². The van der Waals surface area contributed by atoms with Crippen LogP contribution in [0.1, 0.15) is 43.9 Å². The fraction of sp³-hybridized carbons (Fsp3) is 0.472. The fourth-order valence-corrected chi connectivity index (χ4v) is 7.34. The largest absolute Gasteiger partial charge is 0.368 e. The van der Waals surface area contributed by atoms with Crippen molar-refractivity contribution >= 4 is 29.5 Å². The van der Waals surface area contributed by atoms with E-state index in [9.17, 15) is 14.4 Å². The average molecular weight is 645 g/mol. The Morgan fingerprint density at radius 2 is 1.70 bits per heavy atom. The molecule has 244 valence electrons. The molecule has 4 atom stereocenters. The molecule has 2 saturated heterocycles. The van der Waals surface area contributed by atoms with Crippen molar-refractivity contribution in [3.8, 4) is 23.7 Å². The minimum absolute atomic E-state index is 0.120. The van der Waals surface area contributed by atoms with Gasteiger partial charge in [-0.2, -0.15) is 0 Å². The summed E-state index contributed by atoms with van der Waals surface area (Å²) in [7, 11) is 1.68. The van der Waals surface area contributed by atoms with Crippen LogP contribution in [0.4, 0.5) is 0 Å². The van der Waals surface area contributed by atoms with Crippen LogP contribution in [0.25, 0.3) is 0 Å². The molecule has 9 nitrogen and oxygen atoms in total. The monoisotopic (exact) mass is 644 g/mol. The highest BCUT2D eigenvalue weighted by Crippen LogP contribution is 2.46. The summed E-state index contributed by atoms with van der Waals surface area (Å²) in [5.74, 6) is 11.4. The second-order valence-electron chi connectivity index (χ2n) is 12.0. The molecule has 0 aliphatic carbocycles. The van der Waals surface area contributed by atoms with Crippen LogP contribution in [0.3, 0.4) is 0 Å². The van der Waals surface area contributed by atoms with E-state index in [0.29, 0.717) is 26.1 Å². The normalized spacial score (nSPS) is 20.6. The van der Waals surface area contributed by atoms with Gasteiger partial charge in [0.25, 0.3) is 0 Å². The summed E-state index contributed by atoms with van der Waals surface area (Å²) in [5.41, 5.74) is 1.64. The van der Waals surface area contributed by atoms with Crippen LogP contribution in [-0.2, 0) is 30.3 Å². The molecule has 2 aromatic rings. The molecule has 0 radical (unpaired) electrons. The predicted molar refractivity (Wildman–Crippen MR) is 180 cm³/mol. The summed E-state index contributed by atoms with van der Waals surface area (Å²) >= 11 is 1.67. The van der Waals surface area contributed by atoms with Gasteiger partial charge in [-0.1, -0.05) is 86.4 Å². The number of hydrogen-bond acceptors (Lipinski definition) is 7. The predicted octanol–water partition coefficient (Wildman–Crippen LogP) is 2.92. The Kier molecular flexibility index (Phi) is 13.5. The first-order valence-electron chi connectivity index (χ1n) is 15.7. The maximum atomic E-state index is 14.0. The molecule has 0 unspecified atom stereocenters. The topological polar surface area (TPSA) is 109 Å². The zero-order valence-electron chi connectivity index (χ0n) is 26.8. The van der Waals surface area contributed by atoms with Crippen LogP contribution in [0.15, 0.2) is 60.7 Å². The lowest BCUT2D eigenvalue weighted by atomic mass is 9.84. The van der Waals surface area contributed by atoms with Crippen LogP contribution in [0.5, 0.6) is 0 Å². The van der Waals surface area contributed by atoms with Crippen LogP contribution in [0, 0.1) is 29.1 Å². The molecule has 3 amide bonds. The van der Waals surface area contributed by atoms with Gasteiger partial charge >= 0.3 is 0 Å². The third-order valence-electron chi connectivity index (χ3n) is 7.99. The Morgan fingerprint density at radius 3 is 2.39 bits per heavy atom. The maximum absolute atomic E-state index is 14.0. The highest BCUT2D eigenvalue weighted by Gasteiger charge is 2.54. The first-order valence-corrected chi connectivity index (χ1v) is 16.7. The smallest absolute Gasteiger partial charge is 0.246 e. The van der Waals surface area contributed by atoms with Crippen molar-refractivity contribution in [1.82, 2.24) is 20.9 Å². The zero-order valence-corrected chi connectivity index (χ0v) is 27.7. The average Bonchev–Trinajstić information content (AvgIpc) is 3.24. The second kappa shape index (κ2) is 17.8. The van der Waals surface area contributed by atoms with E-state index in [2.05, 4.69) is 51.8 Å². The van der Waals surface area contributed by atoms with Crippen molar-refractivity contribution in [2.75, 3.05) is 45.8 Å². The van der Waals surface area contributed by atoms with Gasteiger partial charge in [0, 0.05) is 0 Å². The van der Waals surface area contributed by atoms with Crippen molar-refractivity contribution in [2.45, 2.75) is 56.6 Å². The van der Waals surface area contributed by atoms with Crippen molar-refractivity contribution < 1.29 is 23.9 Å². The minimum atomic E-state index is -0.699. The maximum Gasteiger partial charge on any atom is 0.246 e. The molecule has 3 N–H and O–H groups in total. The quantitative estimate of drug-likeness (QED) is 0.227. The molecule has 2 aromatic carbocycles. The van der Waals surface area contributed by atoms with Crippen LogP contribution in [0.2, 0.25) is 0 Å². The number of ether oxygens (including phenoxy) is 2. The van der Waals surface area contributed by atoms with Gasteiger partial charge in [-0.15, -0.1) is 11.8 Å². The first kappa shape index (κ1) is 35.1. The third-order valence-corrected chi connectivity index (χ3v) is 9.24. The van der Waals surface area contributed by atoms with Crippen LogP contribution >= 0.6 is 11.8 Å². The number of benzene rings is 2. The van der Waals surface area contributed by atoms with E-state index in [4.69, 9.17) is 9.47 Å². The molecule has 0 aromatic heterocycles. The van der Waals surface area contributed by atoms with Crippen molar-refractivity contribution in [3.63, 3.8) is 0 Å². The number of rotatable bonds is 13. The summed E-state index contributed by atoms with van der Waals surface area (Å²) < 4.78 is 11.4. The van der Waals surface area contributed by atoms with Gasteiger partial charge in [0.1, 0.15) is 25.3 Å². The molecule has 2 fully saturated rings. The highest BCUT2D eigenvalue weighted by atomic mass is 32.2. The Labute approximate surface area is 276 Å². The fourth-order valence-electron chi connectivity index (χ4n) is 5.76. The zero-order chi connectivity index (χ0) is 32.8. The van der Waals surface area contributed by atoms with Crippen molar-refractivity contribution in [2.24, 2.45) is 5.41 Å². The van der Waals surface area contributed by atoms with E-state index >= 15 is 0 Å². The summed E-state index contributed by atoms with van der Waals surface area (Å²) in [6, 6.07) is 17.9. The number of fused-ring (bicyclic) bond motifs is 1. The number of likely N-dealkylation sites (N-methyl/N-ethyl adjacent to an activating group) is 1. The Bertz CT molecular complexity index is 1430. The highest BCUT2D eigenvalue weighted by molar-refractivity contribution is 7.99. The third kappa shape index (κ3) is 10.1. The van der Waals surface area contributed by atoms with E-state index in [-0.39, 0.29) is 42.9 Å². The van der Waals surface area contributed by atoms with Gasteiger partial charge in [-0.05, 0) is 60.4 Å². The van der Waals surface area contributed by atoms with Crippen molar-refractivity contribution in [3.05, 3.63) is 71.8 Å². The van der Waals surface area contributed by atoms with E-state index in [1.165, 1.54) is 5.56 Å². The van der Waals surface area contributed by atoms with Gasteiger partial charge in [0.15, 0.2) is 0 Å². The van der Waals surface area contributed by atoms with E-state index in [1.807, 2.05) is 62.4 Å². The van der Waals surface area contributed by atoms with E-state index in [0.717, 1.165) is 17.7 Å². The molecule has 2 aliphatic rings. The Balaban J connectivity index is 1.34. The number of nitrogens with zero attached hydrogens (tertiary/aromatic N) is 1. The molecular weight excluding hydrogens is 600 g/mol. The van der Waals surface area contributed by atoms with Gasteiger partial charge in [-0.3, -0.25) is 14.4 Å². The van der Waals surface area contributed by atoms with Gasteiger partial charge in [0.05, 0.1) is 31.2 Å². The number of thioether (sulfide) groups is 1. The summed E-state index contributed by atoms with van der Waals surface area (Å²) in [5, 5.41) is 8.70. The molecule has 2 heterocycles. The second-order valence-corrected chi connectivity index (χ2v) is 13.3. The molecule has 46 heavy (non-hydrogen) atoms. The van der Waals surface area contributed by atoms with E-state index in [1.54, 1.807) is 23.7 Å². The van der Waals surface area contributed by atoms with Crippen LogP contribution < -0.4 is 16.0 Å². The lowest BCUT2D eigenvalue weighted by molar-refractivity contribution is -0.144. The number of carbonyl (C=O) groups is 3. The Morgan fingerprint density at radius 1 is 1.02 bits per heavy atom. The summed E-state index contributed by atoms with van der Waals surface area (Å²) in [6.45, 7) is 5.41. The minimum Gasteiger partial charge on any atom is -0.368 e. The summed E-state index contributed by atoms with van der Waals surface area (Å²) in [6.07, 6.45) is 2.04. The van der Waals surface area contributed by atoms with Gasteiger partial charge < -0.3 is 30.3 Å². The van der Waals surface area contributed by atoms with Gasteiger partial charge in [-0.25, -0.2) is 0 Å². The molecule has 2 aliphatic heterocycles. The summed E-state index contributed by atoms with van der Waals surface area (Å²) in [4.78, 5) is 41.8. The Hall–Kier alpha value is -3.80. The molecule has 0 saturated carbocycles. The molecular formula is C36H44N4O5S. The molecule has 4 rings (SSSR count). The number of carbonyl (C=O) groups excluding carboxylic acids is 3. The van der Waals surface area contributed by atoms with Gasteiger partial charge in [0.2, 0.25) is 17.7 Å². The number of hydrogen-bond donors (Lipinski definition) is 3.